The van der Waals surface area contributed by atoms with Crippen LogP contribution in [0.2, 0.25) is 0 Å². The molecular weight excluding hydrogens is 955 g/mol. The Balaban J connectivity index is 1.25. The number of carbonyl (C=O) groups excluding carboxylic acids is 1. The van der Waals surface area contributed by atoms with E-state index in [1.54, 1.807) is 30.4 Å². The van der Waals surface area contributed by atoms with Gasteiger partial charge in [0.05, 0.1) is 15.2 Å². The molecule has 1 amide bonds. The van der Waals surface area contributed by atoms with Crippen LogP contribution < -0.4 is 10.2 Å². The van der Waals surface area contributed by atoms with Gasteiger partial charge in [0.2, 0.25) is 11.6 Å². The molecule has 5 N–H and O–H groups in total. The van der Waals surface area contributed by atoms with Crippen LogP contribution in [0, 0.1) is 6.92 Å². The molecule has 20 heteroatoms. The van der Waals surface area contributed by atoms with E-state index in [1.165, 1.54) is 24.3 Å². The summed E-state index contributed by atoms with van der Waals surface area (Å²) in [5.74, 6) is -0.118. The molecule has 16 nitrogen and oxygen atoms in total. The molecule has 0 saturated carbocycles. The van der Waals surface area contributed by atoms with E-state index < -0.39 is 70.9 Å². The van der Waals surface area contributed by atoms with Crippen LogP contribution in [-0.2, 0) is 56.1 Å². The molecule has 0 saturated heterocycles. The van der Waals surface area contributed by atoms with E-state index >= 15 is 0 Å². The number of likely N-dealkylation sites (N-methyl/N-ethyl adjacent to an activating group) is 1. The number of rotatable bonds is 15. The fraction of sp³-hybridized carbons (Fsp3) is 0.292. The van der Waals surface area contributed by atoms with E-state index in [1.807, 2.05) is 87.4 Å². The van der Waals surface area contributed by atoms with Crippen molar-refractivity contribution in [1.82, 2.24) is 0 Å². The highest BCUT2D eigenvalue weighted by atomic mass is 32.2. The van der Waals surface area contributed by atoms with Gasteiger partial charge in [-0.3, -0.25) is 23.0 Å². The zero-order valence-electron chi connectivity index (χ0n) is 38.0. The third kappa shape index (κ3) is 9.68. The highest BCUT2D eigenvalue weighted by Crippen LogP contribution is 2.52. The van der Waals surface area contributed by atoms with Crippen LogP contribution in [0.25, 0.3) is 21.5 Å². The lowest BCUT2D eigenvalue weighted by molar-refractivity contribution is -0.438. The van der Waals surface area contributed by atoms with E-state index in [9.17, 15) is 56.7 Å². The van der Waals surface area contributed by atoms with E-state index in [2.05, 4.69) is 5.32 Å². The number of hydrogen-bond acceptors (Lipinski definition) is 10. The van der Waals surface area contributed by atoms with Crippen molar-refractivity contribution in [3.05, 3.63) is 126 Å². The van der Waals surface area contributed by atoms with Gasteiger partial charge in [-0.2, -0.15) is 38.2 Å². The van der Waals surface area contributed by atoms with Crippen LogP contribution in [0.3, 0.4) is 0 Å². The molecule has 7 rings (SSSR count). The lowest BCUT2D eigenvalue weighted by atomic mass is 9.79. The number of hydrogen-bond donors (Lipinski definition) is 5. The van der Waals surface area contributed by atoms with Crippen molar-refractivity contribution in [3.8, 4) is 0 Å². The van der Waals surface area contributed by atoms with Gasteiger partial charge in [0.25, 0.3) is 40.5 Å². The number of amides is 1. The number of carbonyl (C=O) groups is 1. The van der Waals surface area contributed by atoms with Crippen molar-refractivity contribution in [2.45, 2.75) is 97.6 Å². The predicted octanol–water partition coefficient (Wildman–Crippen LogP) is 8.68. The number of nitrogens with one attached hydrogen (secondary N) is 1. The van der Waals surface area contributed by atoms with Crippen LogP contribution in [0.15, 0.2) is 128 Å². The summed E-state index contributed by atoms with van der Waals surface area (Å²) in [6.07, 6.45) is 11.3. The maximum absolute atomic E-state index is 12.7. The van der Waals surface area contributed by atoms with Gasteiger partial charge in [-0.15, -0.1) is 0 Å². The van der Waals surface area contributed by atoms with Crippen molar-refractivity contribution in [2.24, 2.45) is 0 Å². The highest BCUT2D eigenvalue weighted by molar-refractivity contribution is 7.87. The first kappa shape index (κ1) is 50.3. The summed E-state index contributed by atoms with van der Waals surface area (Å²) in [5, 5.41) is 3.45. The molecule has 2 heterocycles. The van der Waals surface area contributed by atoms with Gasteiger partial charge in [0.1, 0.15) is 16.3 Å². The average Bonchev–Trinajstić information content (AvgIpc) is 3.60. The normalized spacial score (nSPS) is 16.7. The summed E-state index contributed by atoms with van der Waals surface area (Å²) >= 11 is 0. The fourth-order valence-corrected chi connectivity index (χ4v) is 12.2. The van der Waals surface area contributed by atoms with E-state index in [4.69, 9.17) is 0 Å². The summed E-state index contributed by atoms with van der Waals surface area (Å²) in [7, 11) is -19.7. The Morgan fingerprint density at radius 2 is 1.21 bits per heavy atom. The molecule has 0 unspecified atom stereocenters. The third-order valence-electron chi connectivity index (χ3n) is 12.6. The van der Waals surface area contributed by atoms with Crippen LogP contribution in [-0.4, -0.2) is 81.2 Å². The van der Waals surface area contributed by atoms with Gasteiger partial charge < -0.3 is 10.2 Å². The summed E-state index contributed by atoms with van der Waals surface area (Å²) < 4.78 is 142. The van der Waals surface area contributed by atoms with Crippen LogP contribution in [0.4, 0.5) is 17.1 Å². The molecule has 2 aliphatic rings. The Hall–Kier alpha value is -5.58. The molecule has 0 bridgehead atoms. The number of aryl methyl sites for hydroxylation is 1. The number of fused-ring (bicyclic) bond motifs is 6. The predicted molar refractivity (Wildman–Crippen MR) is 261 cm³/mol. The number of anilines is 2. The Bertz CT molecular complexity index is 3520. The molecule has 0 atom stereocenters. The smallest absolute Gasteiger partial charge is 0.295 e. The number of benzene rings is 5. The van der Waals surface area contributed by atoms with Gasteiger partial charge in [-0.25, -0.2) is 0 Å². The van der Waals surface area contributed by atoms with Gasteiger partial charge in [-0.1, -0.05) is 55.8 Å². The zero-order chi connectivity index (χ0) is 49.9. The summed E-state index contributed by atoms with van der Waals surface area (Å²) in [5.41, 5.74) is 3.95. The molecule has 0 fully saturated rings. The molecule has 0 spiro atoms. The second-order valence-electron chi connectivity index (χ2n) is 17.9. The molecule has 0 radical (unpaired) electrons. The molecule has 0 aromatic heterocycles. The van der Waals surface area contributed by atoms with Gasteiger partial charge in [-0.05, 0) is 111 Å². The minimum absolute atomic E-state index is 0.0554. The Morgan fingerprint density at radius 3 is 1.75 bits per heavy atom. The molecule has 5 aromatic carbocycles. The molecule has 360 valence electrons. The van der Waals surface area contributed by atoms with Crippen LogP contribution >= 0.6 is 0 Å². The number of allylic oxidation sites excluding steroid dienone is 6. The van der Waals surface area contributed by atoms with E-state index in [0.29, 0.717) is 67.0 Å². The number of unbranched alkanes of at least 4 members (excludes halogenated alkanes) is 2. The maximum Gasteiger partial charge on any atom is 0.295 e. The van der Waals surface area contributed by atoms with Gasteiger partial charge in [0, 0.05) is 70.4 Å². The minimum atomic E-state index is -4.96. The van der Waals surface area contributed by atoms with E-state index in [-0.39, 0.29) is 27.5 Å². The van der Waals surface area contributed by atoms with E-state index in [0.717, 1.165) is 29.1 Å². The molecule has 2 aliphatic heterocycles. The topological polar surface area (TPSA) is 253 Å². The van der Waals surface area contributed by atoms with Crippen molar-refractivity contribution in [3.63, 3.8) is 0 Å². The second kappa shape index (κ2) is 18.1. The minimum Gasteiger partial charge on any atom is -0.344 e. The van der Waals surface area contributed by atoms with Crippen molar-refractivity contribution in [2.75, 3.05) is 23.3 Å². The SMILES string of the molecule is CCN1/C(=C/C=C/C=C/C2=[N+](CCCCCC(=O)Nc3ccc(C)cc3)c3ccc4c(S(=O)(=O)O)cc(S(=O)(=O)O)cc4c3C2(C)C)C(C)(C)c2c1ccc1c(S(=O)(=O)O)cc(S(=O)(=O)O)cc21. The standard InChI is InChI=1S/C48H51N3O13S4/c1-7-50-38-23-21-34-36(26-32(65(53,54)55)28-40(34)67(59,60)61)45(38)47(3,4)42(50)14-10-8-11-15-43-48(5,6)46-37-27-33(66(56,57)58)29-41(68(62,63)64)35(37)22-24-39(46)51(43)25-13-9-12-16-44(52)49-31-19-17-30(2)18-20-31/h8,10-11,14-15,17-24,26-29H,7,9,12-13,16,25H2,1-6H3,(H4-,49,52,53,54,55,56,57,58,59,60,61,62,63,64)/p+1. The lowest BCUT2D eigenvalue weighted by Gasteiger charge is -2.26. The Kier molecular flexibility index (Phi) is 13.4. The van der Waals surface area contributed by atoms with Crippen molar-refractivity contribution >= 4 is 90.7 Å². The summed E-state index contributed by atoms with van der Waals surface area (Å²) in [4.78, 5) is 12.0. The summed E-state index contributed by atoms with van der Waals surface area (Å²) in [6.45, 7) is 12.3. The van der Waals surface area contributed by atoms with Crippen molar-refractivity contribution in [1.29, 1.82) is 0 Å². The molecular formula is C48H52N3O13S4+. The quantitative estimate of drug-likeness (QED) is 0.0285. The Labute approximate surface area is 396 Å². The highest BCUT2D eigenvalue weighted by Gasteiger charge is 2.46. The van der Waals surface area contributed by atoms with Crippen molar-refractivity contribution < 1.29 is 61.3 Å². The number of nitrogens with zero attached hydrogens (tertiary/aromatic N) is 2. The zero-order valence-corrected chi connectivity index (χ0v) is 41.3. The first-order valence-electron chi connectivity index (χ1n) is 21.5. The third-order valence-corrected chi connectivity index (χ3v) is 16.1. The molecule has 0 aliphatic carbocycles. The van der Waals surface area contributed by atoms with Crippen LogP contribution in [0.1, 0.15) is 77.0 Å². The largest absolute Gasteiger partial charge is 0.344 e. The maximum atomic E-state index is 12.7. The molecule has 68 heavy (non-hydrogen) atoms. The lowest BCUT2D eigenvalue weighted by Crippen LogP contribution is -2.28. The van der Waals surface area contributed by atoms with Gasteiger partial charge in [0.15, 0.2) is 5.71 Å². The molecule has 5 aromatic rings. The Morgan fingerprint density at radius 1 is 0.647 bits per heavy atom. The monoisotopic (exact) mass is 1010 g/mol. The summed E-state index contributed by atoms with van der Waals surface area (Å²) in [6, 6.07) is 17.7. The first-order valence-corrected chi connectivity index (χ1v) is 27.3. The fourth-order valence-electron chi connectivity index (χ4n) is 9.53. The second-order valence-corrected chi connectivity index (χ2v) is 23.5. The van der Waals surface area contributed by atoms with Crippen LogP contribution in [0.5, 0.6) is 0 Å². The van der Waals surface area contributed by atoms with Gasteiger partial charge >= 0.3 is 0 Å². The first-order chi connectivity index (χ1) is 31.6. The average molecular weight is 1010 g/mol.